The quantitative estimate of drug-likeness (QED) is 0.442. The van der Waals surface area contributed by atoms with Gasteiger partial charge in [-0.1, -0.05) is 6.92 Å². The number of likely N-dealkylation sites (tertiary alicyclic amines) is 1. The van der Waals surface area contributed by atoms with E-state index in [0.717, 1.165) is 63.6 Å². The minimum absolute atomic E-state index is 0.787. The normalized spacial score (nSPS) is 24.0. The summed E-state index contributed by atoms with van der Waals surface area (Å²) >= 11 is 0. The summed E-state index contributed by atoms with van der Waals surface area (Å²) in [5.41, 5.74) is 0. The molecule has 0 spiro atoms. The van der Waals surface area contributed by atoms with Gasteiger partial charge in [0.05, 0.1) is 0 Å². The molecule has 1 unspecified atom stereocenters. The molecule has 2 rings (SSSR count). The zero-order valence-corrected chi connectivity index (χ0v) is 13.2. The minimum Gasteiger partial charge on any atom is -0.381 e. The van der Waals surface area contributed by atoms with E-state index in [1.807, 2.05) is 0 Å². The summed E-state index contributed by atoms with van der Waals surface area (Å²) in [7, 11) is 0. The molecule has 1 aliphatic carbocycles. The molecule has 1 saturated carbocycles. The van der Waals surface area contributed by atoms with Crippen LogP contribution in [0.25, 0.3) is 0 Å². The SMILES string of the molecule is CCNC(=NCCCOCC1CC1)N1CCCC(C)C1. The van der Waals surface area contributed by atoms with Crippen LogP contribution in [0.4, 0.5) is 0 Å². The summed E-state index contributed by atoms with van der Waals surface area (Å²) in [6.45, 7) is 10.4. The van der Waals surface area contributed by atoms with Gasteiger partial charge in [0, 0.05) is 39.4 Å². The highest BCUT2D eigenvalue weighted by Gasteiger charge is 2.21. The number of aliphatic imine (C=N–C) groups is 1. The molecule has 1 saturated heterocycles. The van der Waals surface area contributed by atoms with Crippen LogP contribution in [0.5, 0.6) is 0 Å². The van der Waals surface area contributed by atoms with Gasteiger partial charge in [-0.2, -0.15) is 0 Å². The van der Waals surface area contributed by atoms with Crippen LogP contribution in [0.1, 0.15) is 46.0 Å². The summed E-state index contributed by atoms with van der Waals surface area (Å²) in [5.74, 6) is 2.75. The molecule has 4 heteroatoms. The molecule has 20 heavy (non-hydrogen) atoms. The fourth-order valence-electron chi connectivity index (χ4n) is 2.69. The second-order valence-electron chi connectivity index (χ2n) is 6.30. The van der Waals surface area contributed by atoms with Crippen molar-refractivity contribution in [3.05, 3.63) is 0 Å². The second kappa shape index (κ2) is 8.50. The van der Waals surface area contributed by atoms with Gasteiger partial charge in [-0.3, -0.25) is 4.99 Å². The number of ether oxygens (including phenoxy) is 1. The van der Waals surface area contributed by atoms with Crippen molar-refractivity contribution in [3.63, 3.8) is 0 Å². The molecular weight excluding hydrogens is 250 g/mol. The third-order valence-corrected chi connectivity index (χ3v) is 4.05. The lowest BCUT2D eigenvalue weighted by Crippen LogP contribution is -2.46. The molecule has 2 aliphatic rings. The molecule has 116 valence electrons. The van der Waals surface area contributed by atoms with Crippen LogP contribution in [0.2, 0.25) is 0 Å². The van der Waals surface area contributed by atoms with E-state index in [4.69, 9.17) is 9.73 Å². The third-order valence-electron chi connectivity index (χ3n) is 4.05. The lowest BCUT2D eigenvalue weighted by molar-refractivity contribution is 0.123. The molecule has 0 aromatic rings. The second-order valence-corrected chi connectivity index (χ2v) is 6.30. The van der Waals surface area contributed by atoms with Crippen molar-refractivity contribution in [3.8, 4) is 0 Å². The van der Waals surface area contributed by atoms with Crippen LogP contribution < -0.4 is 5.32 Å². The van der Waals surface area contributed by atoms with Crippen molar-refractivity contribution in [2.75, 3.05) is 39.4 Å². The number of nitrogens with zero attached hydrogens (tertiary/aromatic N) is 2. The average Bonchev–Trinajstić information content (AvgIpc) is 3.25. The topological polar surface area (TPSA) is 36.9 Å². The highest BCUT2D eigenvalue weighted by atomic mass is 16.5. The maximum Gasteiger partial charge on any atom is 0.193 e. The molecule has 2 fully saturated rings. The standard InChI is InChI=1S/C16H31N3O/c1-3-17-16(19-10-4-6-14(2)12-19)18-9-5-11-20-13-15-7-8-15/h14-15H,3-13H2,1-2H3,(H,17,18). The lowest BCUT2D eigenvalue weighted by Gasteiger charge is -2.33. The predicted octanol–water partition coefficient (Wildman–Crippen LogP) is 2.50. The van der Waals surface area contributed by atoms with E-state index in [1.54, 1.807) is 0 Å². The Morgan fingerprint density at radius 2 is 2.20 bits per heavy atom. The maximum absolute atomic E-state index is 5.66. The van der Waals surface area contributed by atoms with E-state index in [2.05, 4.69) is 24.1 Å². The first-order valence-corrected chi connectivity index (χ1v) is 8.40. The fraction of sp³-hybridized carbons (Fsp3) is 0.938. The molecule has 1 N–H and O–H groups in total. The summed E-state index contributed by atoms with van der Waals surface area (Å²) in [5, 5.41) is 3.43. The number of hydrogen-bond donors (Lipinski definition) is 1. The van der Waals surface area contributed by atoms with Crippen molar-refractivity contribution in [2.24, 2.45) is 16.8 Å². The first kappa shape index (κ1) is 15.6. The number of guanidine groups is 1. The number of hydrogen-bond acceptors (Lipinski definition) is 2. The Hall–Kier alpha value is -0.770. The van der Waals surface area contributed by atoms with Crippen LogP contribution >= 0.6 is 0 Å². The summed E-state index contributed by atoms with van der Waals surface area (Å²) in [6.07, 6.45) is 6.41. The van der Waals surface area contributed by atoms with Gasteiger partial charge in [-0.05, 0) is 50.9 Å². The van der Waals surface area contributed by atoms with Gasteiger partial charge in [0.15, 0.2) is 5.96 Å². The molecule has 1 heterocycles. The van der Waals surface area contributed by atoms with Crippen LogP contribution in [0.3, 0.4) is 0 Å². The van der Waals surface area contributed by atoms with Crippen LogP contribution in [0.15, 0.2) is 4.99 Å². The average molecular weight is 281 g/mol. The third kappa shape index (κ3) is 5.70. The lowest BCUT2D eigenvalue weighted by atomic mass is 10.0. The van der Waals surface area contributed by atoms with Crippen molar-refractivity contribution in [1.29, 1.82) is 0 Å². The molecule has 1 aliphatic heterocycles. The van der Waals surface area contributed by atoms with Gasteiger partial charge in [-0.15, -0.1) is 0 Å². The number of piperidine rings is 1. The van der Waals surface area contributed by atoms with Gasteiger partial charge in [0.1, 0.15) is 0 Å². The summed E-state index contributed by atoms with van der Waals surface area (Å²) in [6, 6.07) is 0. The zero-order valence-electron chi connectivity index (χ0n) is 13.2. The molecule has 0 aromatic heterocycles. The Morgan fingerprint density at radius 3 is 2.90 bits per heavy atom. The Labute approximate surface area is 124 Å². The van der Waals surface area contributed by atoms with Crippen molar-refractivity contribution >= 4 is 5.96 Å². The molecule has 0 bridgehead atoms. The smallest absolute Gasteiger partial charge is 0.193 e. The van der Waals surface area contributed by atoms with E-state index in [9.17, 15) is 0 Å². The van der Waals surface area contributed by atoms with E-state index in [1.165, 1.54) is 25.7 Å². The summed E-state index contributed by atoms with van der Waals surface area (Å²) < 4.78 is 5.66. The monoisotopic (exact) mass is 281 g/mol. The predicted molar refractivity (Wildman–Crippen MR) is 84.1 cm³/mol. The first-order valence-electron chi connectivity index (χ1n) is 8.40. The molecule has 4 nitrogen and oxygen atoms in total. The Balaban J connectivity index is 1.67. The Kier molecular flexibility index (Phi) is 6.64. The highest BCUT2D eigenvalue weighted by molar-refractivity contribution is 5.80. The van der Waals surface area contributed by atoms with E-state index < -0.39 is 0 Å². The van der Waals surface area contributed by atoms with Gasteiger partial charge < -0.3 is 15.0 Å². The van der Waals surface area contributed by atoms with Crippen LogP contribution in [-0.4, -0.2) is 50.3 Å². The van der Waals surface area contributed by atoms with Crippen molar-refractivity contribution in [2.45, 2.75) is 46.0 Å². The van der Waals surface area contributed by atoms with Crippen LogP contribution in [0, 0.1) is 11.8 Å². The number of rotatable bonds is 7. The van der Waals surface area contributed by atoms with Crippen molar-refractivity contribution < 1.29 is 4.74 Å². The van der Waals surface area contributed by atoms with Gasteiger partial charge in [0.2, 0.25) is 0 Å². The van der Waals surface area contributed by atoms with E-state index >= 15 is 0 Å². The molecule has 0 radical (unpaired) electrons. The Bertz CT molecular complexity index is 302. The van der Waals surface area contributed by atoms with Crippen molar-refractivity contribution in [1.82, 2.24) is 10.2 Å². The fourth-order valence-corrected chi connectivity index (χ4v) is 2.69. The molecule has 0 amide bonds. The van der Waals surface area contributed by atoms with Crippen LogP contribution in [-0.2, 0) is 4.74 Å². The number of nitrogens with one attached hydrogen (secondary N) is 1. The van der Waals surface area contributed by atoms with Gasteiger partial charge in [-0.25, -0.2) is 0 Å². The van der Waals surface area contributed by atoms with E-state index in [0.29, 0.717) is 0 Å². The Morgan fingerprint density at radius 1 is 1.35 bits per heavy atom. The van der Waals surface area contributed by atoms with E-state index in [-0.39, 0.29) is 0 Å². The molecule has 1 atom stereocenters. The largest absolute Gasteiger partial charge is 0.381 e. The summed E-state index contributed by atoms with van der Waals surface area (Å²) in [4.78, 5) is 7.17. The molecule has 0 aromatic carbocycles. The minimum atomic E-state index is 0.787. The maximum atomic E-state index is 5.66. The first-order chi connectivity index (χ1) is 9.79. The zero-order chi connectivity index (χ0) is 14.2. The van der Waals surface area contributed by atoms with Gasteiger partial charge >= 0.3 is 0 Å². The highest BCUT2D eigenvalue weighted by Crippen LogP contribution is 2.28. The molecular formula is C16H31N3O. The van der Waals surface area contributed by atoms with Gasteiger partial charge in [0.25, 0.3) is 0 Å².